The van der Waals surface area contributed by atoms with Crippen molar-refractivity contribution in [1.29, 1.82) is 0 Å². The van der Waals surface area contributed by atoms with E-state index in [0.717, 1.165) is 37.0 Å². The van der Waals surface area contributed by atoms with Crippen molar-refractivity contribution in [3.63, 3.8) is 0 Å². The summed E-state index contributed by atoms with van der Waals surface area (Å²) in [4.78, 5) is 18.1. The number of aryl methyl sites for hydroxylation is 1. The molecule has 1 aromatic heterocycles. The van der Waals surface area contributed by atoms with Crippen LogP contribution < -0.4 is 10.6 Å². The van der Waals surface area contributed by atoms with Gasteiger partial charge in [-0.05, 0) is 33.6 Å². The normalized spacial score (nSPS) is 15.4. The van der Waals surface area contributed by atoms with Crippen LogP contribution in [-0.4, -0.2) is 64.0 Å². The number of hydrogen-bond donors (Lipinski definition) is 2. The Morgan fingerprint density at radius 2 is 2.00 bits per heavy atom. The molecule has 26 heavy (non-hydrogen) atoms. The second kappa shape index (κ2) is 11.2. The number of halogens is 1. The highest BCUT2D eigenvalue weighted by molar-refractivity contribution is 14.0. The number of guanidine groups is 1. The number of carbonyl (C=O) groups is 1. The zero-order chi connectivity index (χ0) is 18.2. The summed E-state index contributed by atoms with van der Waals surface area (Å²) in [5.41, 5.74) is 0. The molecule has 1 aromatic rings. The summed E-state index contributed by atoms with van der Waals surface area (Å²) in [7, 11) is 1.94. The van der Waals surface area contributed by atoms with Gasteiger partial charge in [-0.25, -0.2) is 9.79 Å². The van der Waals surface area contributed by atoms with Gasteiger partial charge in [-0.2, -0.15) is 0 Å². The van der Waals surface area contributed by atoms with Crippen LogP contribution in [0.25, 0.3) is 0 Å². The number of aliphatic imine (C=N–C) groups is 1. The summed E-state index contributed by atoms with van der Waals surface area (Å²) >= 11 is 0. The molecule has 0 bridgehead atoms. The van der Waals surface area contributed by atoms with Crippen molar-refractivity contribution in [1.82, 2.24) is 30.3 Å². The lowest BCUT2D eigenvalue weighted by Crippen LogP contribution is -2.49. The number of nitrogens with zero attached hydrogens (tertiary/aromatic N) is 5. The van der Waals surface area contributed by atoms with E-state index in [1.807, 2.05) is 32.4 Å². The molecule has 0 radical (unpaired) electrons. The minimum atomic E-state index is -0.223. The molecular formula is C16H30IN7O2. The molecule has 0 aromatic carbocycles. The molecule has 0 atom stereocenters. The molecule has 9 nitrogen and oxygen atoms in total. The van der Waals surface area contributed by atoms with E-state index in [0.29, 0.717) is 26.2 Å². The van der Waals surface area contributed by atoms with E-state index in [1.165, 1.54) is 0 Å². The molecule has 1 saturated heterocycles. The summed E-state index contributed by atoms with van der Waals surface area (Å²) in [6.07, 6.45) is 1.51. The zero-order valence-corrected chi connectivity index (χ0v) is 18.3. The monoisotopic (exact) mass is 479 g/mol. The number of aromatic nitrogens is 3. The third-order valence-corrected chi connectivity index (χ3v) is 4.27. The molecule has 0 unspecified atom stereocenters. The Balaban J connectivity index is 0.00000338. The number of ether oxygens (including phenoxy) is 1. The van der Waals surface area contributed by atoms with E-state index in [9.17, 15) is 4.79 Å². The van der Waals surface area contributed by atoms with Gasteiger partial charge in [0.15, 0.2) is 11.8 Å². The molecule has 2 rings (SSSR count). The Kier molecular flexibility index (Phi) is 9.66. The van der Waals surface area contributed by atoms with E-state index < -0.39 is 0 Å². The molecule has 1 aliphatic rings. The quantitative estimate of drug-likeness (QED) is 0.377. The largest absolute Gasteiger partial charge is 0.450 e. The van der Waals surface area contributed by atoms with Gasteiger partial charge < -0.3 is 24.8 Å². The number of carbonyl (C=O) groups excluding carboxylic acids is 1. The standard InChI is InChI=1S/C16H29N7O2.HI/c1-5-17-15(18-11-14-21-20-12(3)22(14)4)19-13-7-9-23(10-8-13)16(24)25-6-2;/h13H,5-11H2,1-4H3,(H2,17,18,19);1H. The summed E-state index contributed by atoms with van der Waals surface area (Å²) in [6, 6.07) is 0.282. The van der Waals surface area contributed by atoms with Crippen molar-refractivity contribution in [3.8, 4) is 0 Å². The summed E-state index contributed by atoms with van der Waals surface area (Å²) < 4.78 is 6.99. The number of hydrogen-bond acceptors (Lipinski definition) is 5. The van der Waals surface area contributed by atoms with Crippen LogP contribution in [0, 0.1) is 6.92 Å². The Hall–Kier alpha value is -1.59. The molecule has 148 valence electrons. The van der Waals surface area contributed by atoms with Crippen LogP contribution in [0.4, 0.5) is 4.79 Å². The minimum absolute atomic E-state index is 0. The van der Waals surface area contributed by atoms with Crippen molar-refractivity contribution in [2.45, 2.75) is 46.2 Å². The molecular weight excluding hydrogens is 449 g/mol. The Labute approximate surface area is 172 Å². The van der Waals surface area contributed by atoms with Crippen molar-refractivity contribution in [2.75, 3.05) is 26.2 Å². The molecule has 1 fully saturated rings. The lowest BCUT2D eigenvalue weighted by molar-refractivity contribution is 0.0963. The predicted molar refractivity (Wildman–Crippen MR) is 111 cm³/mol. The molecule has 1 amide bonds. The van der Waals surface area contributed by atoms with Crippen molar-refractivity contribution in [3.05, 3.63) is 11.6 Å². The first-order valence-corrected chi connectivity index (χ1v) is 8.86. The van der Waals surface area contributed by atoms with Crippen LogP contribution in [0.1, 0.15) is 38.3 Å². The van der Waals surface area contributed by atoms with Gasteiger partial charge in [0.2, 0.25) is 0 Å². The first-order valence-electron chi connectivity index (χ1n) is 8.86. The number of piperidine rings is 1. The average molecular weight is 479 g/mol. The number of likely N-dealkylation sites (tertiary alicyclic amines) is 1. The fourth-order valence-corrected chi connectivity index (χ4v) is 2.67. The highest BCUT2D eigenvalue weighted by Crippen LogP contribution is 2.11. The van der Waals surface area contributed by atoms with Gasteiger partial charge in [0.05, 0.1) is 6.61 Å². The first-order chi connectivity index (χ1) is 12.0. The van der Waals surface area contributed by atoms with E-state index in [2.05, 4.69) is 25.8 Å². The number of nitrogens with one attached hydrogen (secondary N) is 2. The Bertz CT molecular complexity index is 597. The van der Waals surface area contributed by atoms with E-state index in [4.69, 9.17) is 4.74 Å². The first kappa shape index (κ1) is 22.5. The molecule has 2 N–H and O–H groups in total. The zero-order valence-electron chi connectivity index (χ0n) is 16.0. The highest BCUT2D eigenvalue weighted by atomic mass is 127. The van der Waals surface area contributed by atoms with Crippen LogP contribution in [0.2, 0.25) is 0 Å². The van der Waals surface area contributed by atoms with Crippen LogP contribution in [-0.2, 0) is 18.3 Å². The molecule has 10 heteroatoms. The van der Waals surface area contributed by atoms with Gasteiger partial charge in [0, 0.05) is 32.7 Å². The Morgan fingerprint density at radius 1 is 1.31 bits per heavy atom. The topological polar surface area (TPSA) is 96.7 Å². The highest BCUT2D eigenvalue weighted by Gasteiger charge is 2.24. The van der Waals surface area contributed by atoms with E-state index in [-0.39, 0.29) is 36.1 Å². The fraction of sp³-hybridized carbons (Fsp3) is 0.750. The van der Waals surface area contributed by atoms with Gasteiger partial charge in [-0.15, -0.1) is 34.2 Å². The van der Waals surface area contributed by atoms with Crippen LogP contribution in [0.3, 0.4) is 0 Å². The minimum Gasteiger partial charge on any atom is -0.450 e. The van der Waals surface area contributed by atoms with Crippen LogP contribution in [0.15, 0.2) is 4.99 Å². The third-order valence-electron chi connectivity index (χ3n) is 4.27. The molecule has 2 heterocycles. The Morgan fingerprint density at radius 3 is 2.54 bits per heavy atom. The predicted octanol–water partition coefficient (Wildman–Crippen LogP) is 1.42. The van der Waals surface area contributed by atoms with Gasteiger partial charge >= 0.3 is 6.09 Å². The van der Waals surface area contributed by atoms with Crippen molar-refractivity contribution >= 4 is 36.0 Å². The molecule has 1 aliphatic heterocycles. The van der Waals surface area contributed by atoms with Gasteiger partial charge in [0.25, 0.3) is 0 Å². The smallest absolute Gasteiger partial charge is 0.409 e. The fourth-order valence-electron chi connectivity index (χ4n) is 2.67. The second-order valence-corrected chi connectivity index (χ2v) is 6.02. The van der Waals surface area contributed by atoms with Crippen LogP contribution in [0.5, 0.6) is 0 Å². The summed E-state index contributed by atoms with van der Waals surface area (Å²) in [5, 5.41) is 14.9. The average Bonchev–Trinajstić information content (AvgIpc) is 2.92. The maximum atomic E-state index is 11.8. The second-order valence-electron chi connectivity index (χ2n) is 6.02. The summed E-state index contributed by atoms with van der Waals surface area (Å²) in [6.45, 7) is 8.82. The number of rotatable bonds is 5. The molecule has 0 spiro atoms. The lowest BCUT2D eigenvalue weighted by atomic mass is 10.1. The molecule has 0 aliphatic carbocycles. The van der Waals surface area contributed by atoms with Crippen molar-refractivity contribution in [2.24, 2.45) is 12.0 Å². The third kappa shape index (κ3) is 6.29. The van der Waals surface area contributed by atoms with Gasteiger partial charge in [-0.3, -0.25) is 0 Å². The number of amides is 1. The molecule has 0 saturated carbocycles. The van der Waals surface area contributed by atoms with E-state index in [1.54, 1.807) is 4.90 Å². The van der Waals surface area contributed by atoms with E-state index >= 15 is 0 Å². The maximum absolute atomic E-state index is 11.8. The SMILES string of the molecule is CCNC(=NCc1nnc(C)n1C)NC1CCN(C(=O)OCC)CC1.I. The van der Waals surface area contributed by atoms with Crippen molar-refractivity contribution < 1.29 is 9.53 Å². The summed E-state index contributed by atoms with van der Waals surface area (Å²) in [5.74, 6) is 2.46. The van der Waals surface area contributed by atoms with Gasteiger partial charge in [-0.1, -0.05) is 0 Å². The van der Waals surface area contributed by atoms with Crippen LogP contribution >= 0.6 is 24.0 Å². The van der Waals surface area contributed by atoms with Gasteiger partial charge in [0.1, 0.15) is 12.4 Å². The maximum Gasteiger partial charge on any atom is 0.409 e. The lowest BCUT2D eigenvalue weighted by Gasteiger charge is -2.32.